The van der Waals surface area contributed by atoms with E-state index in [1.165, 1.54) is 5.56 Å². The van der Waals surface area contributed by atoms with E-state index in [4.69, 9.17) is 4.74 Å². The molecule has 3 N–H and O–H groups in total. The highest BCUT2D eigenvalue weighted by molar-refractivity contribution is 5.78. The van der Waals surface area contributed by atoms with Crippen LogP contribution in [0.5, 0.6) is 5.75 Å². The summed E-state index contributed by atoms with van der Waals surface area (Å²) in [6.45, 7) is 3.51. The lowest BCUT2D eigenvalue weighted by Gasteiger charge is -2.15. The highest BCUT2D eigenvalue weighted by atomic mass is 16.5. The predicted octanol–water partition coefficient (Wildman–Crippen LogP) is 0.857. The van der Waals surface area contributed by atoms with E-state index in [9.17, 15) is 9.90 Å². The third-order valence-electron chi connectivity index (χ3n) is 3.63. The number of aryl methyl sites for hydroxylation is 1. The van der Waals surface area contributed by atoms with Gasteiger partial charge in [-0.25, -0.2) is 0 Å². The van der Waals surface area contributed by atoms with E-state index >= 15 is 0 Å². The largest absolute Gasteiger partial charge is 0.491 e. The summed E-state index contributed by atoms with van der Waals surface area (Å²) in [6.07, 6.45) is 1.91. The highest BCUT2D eigenvalue weighted by Crippen LogP contribution is 2.12. The number of benzene rings is 1. The zero-order valence-electron chi connectivity index (χ0n) is 12.5. The number of hydrogen-bond donors (Lipinski definition) is 3. The van der Waals surface area contributed by atoms with Crippen LogP contribution in [-0.2, 0) is 11.2 Å². The summed E-state index contributed by atoms with van der Waals surface area (Å²) < 4.78 is 5.55. The minimum Gasteiger partial charge on any atom is -0.491 e. The van der Waals surface area contributed by atoms with Gasteiger partial charge in [-0.05, 0) is 30.5 Å². The van der Waals surface area contributed by atoms with Crippen molar-refractivity contribution in [1.29, 1.82) is 0 Å². The van der Waals surface area contributed by atoms with Gasteiger partial charge in [0, 0.05) is 25.6 Å². The minimum absolute atomic E-state index is 0.112. The molecule has 0 saturated carbocycles. The summed E-state index contributed by atoms with van der Waals surface area (Å²) >= 11 is 0. The number of carbonyl (C=O) groups is 1. The zero-order chi connectivity index (χ0) is 15.1. The molecule has 2 atom stereocenters. The Hall–Kier alpha value is -1.59. The number of carbonyl (C=O) groups excluding carboxylic acids is 1. The van der Waals surface area contributed by atoms with E-state index in [0.29, 0.717) is 19.5 Å². The lowest BCUT2D eigenvalue weighted by atomic mass is 10.2. The van der Waals surface area contributed by atoms with Crippen molar-refractivity contribution in [2.45, 2.75) is 38.3 Å². The SMILES string of the molecule is CCc1ccc(OCC(O)CNCC2CCC(=O)N2)cc1. The lowest BCUT2D eigenvalue weighted by molar-refractivity contribution is -0.119. The summed E-state index contributed by atoms with van der Waals surface area (Å²) in [5, 5.41) is 15.9. The lowest BCUT2D eigenvalue weighted by Crippen LogP contribution is -2.40. The van der Waals surface area contributed by atoms with Crippen LogP contribution in [0.25, 0.3) is 0 Å². The molecule has 2 rings (SSSR count). The molecule has 5 nitrogen and oxygen atoms in total. The molecule has 0 radical (unpaired) electrons. The Morgan fingerprint density at radius 3 is 2.81 bits per heavy atom. The van der Waals surface area contributed by atoms with Crippen molar-refractivity contribution in [3.05, 3.63) is 29.8 Å². The quantitative estimate of drug-likeness (QED) is 0.664. The van der Waals surface area contributed by atoms with Crippen molar-refractivity contribution in [3.8, 4) is 5.75 Å². The van der Waals surface area contributed by atoms with E-state index in [0.717, 1.165) is 18.6 Å². The average molecular weight is 292 g/mol. The average Bonchev–Trinajstić information content (AvgIpc) is 2.91. The topological polar surface area (TPSA) is 70.6 Å². The molecule has 1 amide bonds. The standard InChI is InChI=1S/C16H24N2O3/c1-2-12-3-6-15(7-4-12)21-11-14(19)10-17-9-13-5-8-16(20)18-13/h3-4,6-7,13-14,17,19H,2,5,8-11H2,1H3,(H,18,20). The van der Waals surface area contributed by atoms with Crippen molar-refractivity contribution >= 4 is 5.91 Å². The summed E-state index contributed by atoms with van der Waals surface area (Å²) in [7, 11) is 0. The second-order valence-electron chi connectivity index (χ2n) is 5.42. The number of hydrogen-bond acceptors (Lipinski definition) is 4. The fourth-order valence-electron chi connectivity index (χ4n) is 2.33. The maximum atomic E-state index is 11.0. The fraction of sp³-hybridized carbons (Fsp3) is 0.562. The Labute approximate surface area is 125 Å². The first-order chi connectivity index (χ1) is 10.2. The first-order valence-electron chi connectivity index (χ1n) is 7.57. The maximum Gasteiger partial charge on any atom is 0.220 e. The third-order valence-corrected chi connectivity index (χ3v) is 3.63. The third kappa shape index (κ3) is 5.36. The van der Waals surface area contributed by atoms with Crippen LogP contribution in [0.3, 0.4) is 0 Å². The van der Waals surface area contributed by atoms with Crippen LogP contribution in [0.15, 0.2) is 24.3 Å². The van der Waals surface area contributed by atoms with E-state index in [1.807, 2.05) is 24.3 Å². The number of aliphatic hydroxyl groups is 1. The molecule has 116 valence electrons. The molecule has 1 aliphatic rings. The van der Waals surface area contributed by atoms with Crippen molar-refractivity contribution in [1.82, 2.24) is 10.6 Å². The molecule has 5 heteroatoms. The molecule has 1 heterocycles. The fourth-order valence-corrected chi connectivity index (χ4v) is 2.33. The smallest absolute Gasteiger partial charge is 0.220 e. The summed E-state index contributed by atoms with van der Waals surface area (Å²) in [4.78, 5) is 11.0. The van der Waals surface area contributed by atoms with Gasteiger partial charge in [-0.15, -0.1) is 0 Å². The van der Waals surface area contributed by atoms with E-state index in [-0.39, 0.29) is 18.6 Å². The van der Waals surface area contributed by atoms with Gasteiger partial charge >= 0.3 is 0 Å². The summed E-state index contributed by atoms with van der Waals surface area (Å²) in [5.41, 5.74) is 1.27. The normalized spacial score (nSPS) is 19.3. The van der Waals surface area contributed by atoms with E-state index < -0.39 is 6.10 Å². The van der Waals surface area contributed by atoms with Crippen LogP contribution in [0.4, 0.5) is 0 Å². The number of ether oxygens (including phenoxy) is 1. The number of aliphatic hydroxyl groups excluding tert-OH is 1. The van der Waals surface area contributed by atoms with Gasteiger partial charge in [-0.1, -0.05) is 19.1 Å². The highest BCUT2D eigenvalue weighted by Gasteiger charge is 2.20. The minimum atomic E-state index is -0.562. The van der Waals surface area contributed by atoms with Gasteiger partial charge in [-0.2, -0.15) is 0 Å². The molecule has 1 aliphatic heterocycles. The van der Waals surface area contributed by atoms with Crippen molar-refractivity contribution in [2.75, 3.05) is 19.7 Å². The van der Waals surface area contributed by atoms with Crippen LogP contribution >= 0.6 is 0 Å². The Morgan fingerprint density at radius 2 is 2.19 bits per heavy atom. The molecule has 1 fully saturated rings. The van der Waals surface area contributed by atoms with Gasteiger partial charge in [0.2, 0.25) is 5.91 Å². The number of nitrogens with one attached hydrogen (secondary N) is 2. The van der Waals surface area contributed by atoms with Gasteiger partial charge in [0.25, 0.3) is 0 Å². The van der Waals surface area contributed by atoms with Crippen LogP contribution in [-0.4, -0.2) is 42.9 Å². The summed E-state index contributed by atoms with van der Waals surface area (Å²) in [5.74, 6) is 0.885. The van der Waals surface area contributed by atoms with Gasteiger partial charge in [0.1, 0.15) is 18.5 Å². The molecule has 0 aliphatic carbocycles. The van der Waals surface area contributed by atoms with Crippen LogP contribution < -0.4 is 15.4 Å². The van der Waals surface area contributed by atoms with Gasteiger partial charge < -0.3 is 20.5 Å². The van der Waals surface area contributed by atoms with Gasteiger partial charge in [-0.3, -0.25) is 4.79 Å². The monoisotopic (exact) mass is 292 g/mol. The van der Waals surface area contributed by atoms with Gasteiger partial charge in [0.15, 0.2) is 0 Å². The molecule has 2 unspecified atom stereocenters. The zero-order valence-corrected chi connectivity index (χ0v) is 12.5. The number of amides is 1. The van der Waals surface area contributed by atoms with Gasteiger partial charge in [0.05, 0.1) is 0 Å². The Bertz CT molecular complexity index is 447. The summed E-state index contributed by atoms with van der Waals surface area (Å²) in [6, 6.07) is 8.10. The molecular formula is C16H24N2O3. The van der Waals surface area contributed by atoms with Crippen molar-refractivity contribution in [2.24, 2.45) is 0 Å². The second kappa shape index (κ2) is 8.00. The Morgan fingerprint density at radius 1 is 1.43 bits per heavy atom. The van der Waals surface area contributed by atoms with Crippen molar-refractivity contribution in [3.63, 3.8) is 0 Å². The molecule has 1 aromatic rings. The van der Waals surface area contributed by atoms with E-state index in [2.05, 4.69) is 17.6 Å². The Kier molecular flexibility index (Phi) is 6.02. The first kappa shape index (κ1) is 15.8. The molecular weight excluding hydrogens is 268 g/mol. The molecule has 0 aromatic heterocycles. The molecule has 1 saturated heterocycles. The number of rotatable bonds is 8. The second-order valence-corrected chi connectivity index (χ2v) is 5.42. The van der Waals surface area contributed by atoms with Crippen LogP contribution in [0.1, 0.15) is 25.3 Å². The van der Waals surface area contributed by atoms with Crippen LogP contribution in [0, 0.1) is 0 Å². The first-order valence-corrected chi connectivity index (χ1v) is 7.57. The molecule has 21 heavy (non-hydrogen) atoms. The molecule has 0 spiro atoms. The Balaban J connectivity index is 1.60. The maximum absolute atomic E-state index is 11.0. The predicted molar refractivity (Wildman–Crippen MR) is 81.4 cm³/mol. The molecule has 0 bridgehead atoms. The van der Waals surface area contributed by atoms with Crippen molar-refractivity contribution < 1.29 is 14.6 Å². The van der Waals surface area contributed by atoms with E-state index in [1.54, 1.807) is 0 Å². The molecule has 1 aromatic carbocycles. The van der Waals surface area contributed by atoms with Crippen LogP contribution in [0.2, 0.25) is 0 Å².